The zero-order valence-corrected chi connectivity index (χ0v) is 7.90. The molecule has 0 aromatic carbocycles. The quantitative estimate of drug-likeness (QED) is 0.744. The molecule has 1 rings (SSSR count). The van der Waals surface area contributed by atoms with Gasteiger partial charge in [0.05, 0.1) is 7.11 Å². The smallest absolute Gasteiger partial charge is 0.265 e. The molecule has 0 aliphatic rings. The second-order valence-electron chi connectivity index (χ2n) is 2.48. The molecule has 0 unspecified atom stereocenters. The molecule has 0 spiro atoms. The summed E-state index contributed by atoms with van der Waals surface area (Å²) in [5.41, 5.74) is 0.148. The summed E-state index contributed by atoms with van der Waals surface area (Å²) >= 11 is 5.64. The Kier molecular flexibility index (Phi) is 3.03. The van der Waals surface area contributed by atoms with E-state index in [0.717, 1.165) is 0 Å². The van der Waals surface area contributed by atoms with E-state index < -0.39 is 6.43 Å². The monoisotopic (exact) mass is 207 g/mol. The van der Waals surface area contributed by atoms with Crippen molar-refractivity contribution >= 4 is 11.6 Å². The third-order valence-corrected chi connectivity index (χ3v) is 2.00. The predicted molar refractivity (Wildman–Crippen MR) is 45.5 cm³/mol. The Balaban J connectivity index is 3.30. The van der Waals surface area contributed by atoms with Crippen LogP contribution in [0.5, 0.6) is 5.88 Å². The minimum atomic E-state index is -2.61. The van der Waals surface area contributed by atoms with Gasteiger partial charge in [0.25, 0.3) is 6.43 Å². The van der Waals surface area contributed by atoms with Crippen LogP contribution in [-0.4, -0.2) is 12.1 Å². The first-order valence-corrected chi connectivity index (χ1v) is 3.92. The van der Waals surface area contributed by atoms with E-state index in [2.05, 4.69) is 4.98 Å². The standard InChI is InChI=1S/C8H8ClF2NO/c1-4-3-12-8(13-2)6(9)5(4)7(10)11/h3,7H,1-2H3. The summed E-state index contributed by atoms with van der Waals surface area (Å²) < 4.78 is 29.6. The van der Waals surface area contributed by atoms with Crippen molar-refractivity contribution < 1.29 is 13.5 Å². The van der Waals surface area contributed by atoms with Gasteiger partial charge in [-0.3, -0.25) is 0 Å². The van der Waals surface area contributed by atoms with Crippen LogP contribution in [0.4, 0.5) is 8.78 Å². The summed E-state index contributed by atoms with van der Waals surface area (Å²) in [5.74, 6) is 0.0302. The first-order chi connectivity index (χ1) is 6.07. The first kappa shape index (κ1) is 10.2. The van der Waals surface area contributed by atoms with Crippen molar-refractivity contribution in [2.45, 2.75) is 13.3 Å². The van der Waals surface area contributed by atoms with Crippen LogP contribution >= 0.6 is 11.6 Å². The summed E-state index contributed by atoms with van der Waals surface area (Å²) in [6.07, 6.45) is -1.30. The van der Waals surface area contributed by atoms with Crippen LogP contribution in [0.3, 0.4) is 0 Å². The number of rotatable bonds is 2. The maximum Gasteiger partial charge on any atom is 0.265 e. The molecule has 0 bridgehead atoms. The predicted octanol–water partition coefficient (Wildman–Crippen LogP) is 2.99. The van der Waals surface area contributed by atoms with E-state index >= 15 is 0 Å². The molecule has 0 atom stereocenters. The summed E-state index contributed by atoms with van der Waals surface area (Å²) in [7, 11) is 1.33. The topological polar surface area (TPSA) is 22.1 Å². The van der Waals surface area contributed by atoms with Crippen molar-refractivity contribution in [2.75, 3.05) is 7.11 Å². The summed E-state index contributed by atoms with van der Waals surface area (Å²) in [6, 6.07) is 0. The number of hydrogen-bond acceptors (Lipinski definition) is 2. The highest BCUT2D eigenvalue weighted by molar-refractivity contribution is 6.32. The number of aryl methyl sites for hydroxylation is 1. The summed E-state index contributed by atoms with van der Waals surface area (Å²) in [4.78, 5) is 3.75. The second-order valence-corrected chi connectivity index (χ2v) is 2.86. The maximum atomic E-state index is 12.4. The van der Waals surface area contributed by atoms with Gasteiger partial charge in [0.2, 0.25) is 5.88 Å². The lowest BCUT2D eigenvalue weighted by Crippen LogP contribution is -1.97. The van der Waals surface area contributed by atoms with Gasteiger partial charge in [0, 0.05) is 11.8 Å². The van der Waals surface area contributed by atoms with Gasteiger partial charge >= 0.3 is 0 Å². The third-order valence-electron chi connectivity index (χ3n) is 1.64. The number of alkyl halides is 2. The molecule has 72 valence electrons. The molecule has 0 radical (unpaired) electrons. The minimum absolute atomic E-state index is 0.0302. The normalized spacial score (nSPS) is 10.6. The maximum absolute atomic E-state index is 12.4. The highest BCUT2D eigenvalue weighted by Crippen LogP contribution is 2.34. The van der Waals surface area contributed by atoms with Crippen LogP contribution in [-0.2, 0) is 0 Å². The molecule has 0 N–H and O–H groups in total. The third kappa shape index (κ3) is 1.88. The molecule has 13 heavy (non-hydrogen) atoms. The average molecular weight is 208 g/mol. The van der Waals surface area contributed by atoms with Crippen LogP contribution in [0.2, 0.25) is 5.02 Å². The number of hydrogen-bond donors (Lipinski definition) is 0. The fraction of sp³-hybridized carbons (Fsp3) is 0.375. The number of halogens is 3. The van der Waals surface area contributed by atoms with Crippen molar-refractivity contribution in [3.8, 4) is 5.88 Å². The lowest BCUT2D eigenvalue weighted by atomic mass is 10.1. The van der Waals surface area contributed by atoms with E-state index in [4.69, 9.17) is 16.3 Å². The minimum Gasteiger partial charge on any atom is -0.480 e. The Hall–Kier alpha value is -0.900. The van der Waals surface area contributed by atoms with Crippen LogP contribution in [0, 0.1) is 6.92 Å². The largest absolute Gasteiger partial charge is 0.480 e. The van der Waals surface area contributed by atoms with Crippen LogP contribution in [0.1, 0.15) is 17.6 Å². The molecule has 0 saturated carbocycles. The molecular formula is C8H8ClF2NO. The molecular weight excluding hydrogens is 200 g/mol. The average Bonchev–Trinajstić information content (AvgIpc) is 2.04. The van der Waals surface area contributed by atoms with Crippen molar-refractivity contribution in [3.63, 3.8) is 0 Å². The lowest BCUT2D eigenvalue weighted by molar-refractivity contribution is 0.150. The molecule has 1 aromatic heterocycles. The van der Waals surface area contributed by atoms with Crippen LogP contribution < -0.4 is 4.74 Å². The molecule has 0 fully saturated rings. The van der Waals surface area contributed by atoms with Gasteiger partial charge in [-0.05, 0) is 12.5 Å². The van der Waals surface area contributed by atoms with Gasteiger partial charge in [-0.1, -0.05) is 11.6 Å². The Morgan fingerprint density at radius 2 is 2.15 bits per heavy atom. The number of aromatic nitrogens is 1. The van der Waals surface area contributed by atoms with E-state index in [0.29, 0.717) is 5.56 Å². The van der Waals surface area contributed by atoms with Crippen LogP contribution in [0.15, 0.2) is 6.20 Å². The molecule has 1 aromatic rings. The number of nitrogens with zero attached hydrogens (tertiary/aromatic N) is 1. The molecule has 5 heteroatoms. The van der Waals surface area contributed by atoms with Gasteiger partial charge in [0.15, 0.2) is 0 Å². The number of methoxy groups -OCH3 is 1. The van der Waals surface area contributed by atoms with Crippen LogP contribution in [0.25, 0.3) is 0 Å². The fourth-order valence-corrected chi connectivity index (χ4v) is 1.34. The fourth-order valence-electron chi connectivity index (χ4n) is 0.980. The van der Waals surface area contributed by atoms with Crippen molar-refractivity contribution in [1.29, 1.82) is 0 Å². The van der Waals surface area contributed by atoms with E-state index in [-0.39, 0.29) is 16.5 Å². The zero-order chi connectivity index (χ0) is 10.0. The second kappa shape index (κ2) is 3.87. The first-order valence-electron chi connectivity index (χ1n) is 3.55. The molecule has 0 aliphatic heterocycles. The Morgan fingerprint density at radius 1 is 1.54 bits per heavy atom. The molecule has 0 aliphatic carbocycles. The zero-order valence-electron chi connectivity index (χ0n) is 7.14. The van der Waals surface area contributed by atoms with E-state index in [1.165, 1.54) is 20.2 Å². The van der Waals surface area contributed by atoms with Gasteiger partial charge in [0.1, 0.15) is 5.02 Å². The summed E-state index contributed by atoms with van der Waals surface area (Å²) in [6.45, 7) is 1.53. The van der Waals surface area contributed by atoms with Crippen molar-refractivity contribution in [3.05, 3.63) is 22.3 Å². The van der Waals surface area contributed by atoms with Gasteiger partial charge in [-0.2, -0.15) is 0 Å². The Morgan fingerprint density at radius 3 is 2.62 bits per heavy atom. The van der Waals surface area contributed by atoms with Crippen molar-refractivity contribution in [1.82, 2.24) is 4.98 Å². The molecule has 1 heterocycles. The Bertz CT molecular complexity index is 317. The van der Waals surface area contributed by atoms with Gasteiger partial charge in [-0.25, -0.2) is 13.8 Å². The van der Waals surface area contributed by atoms with E-state index in [9.17, 15) is 8.78 Å². The highest BCUT2D eigenvalue weighted by Gasteiger charge is 2.19. The number of pyridine rings is 1. The highest BCUT2D eigenvalue weighted by atomic mass is 35.5. The summed E-state index contributed by atoms with van der Waals surface area (Å²) in [5, 5.41) is -0.113. The molecule has 0 amide bonds. The Labute approximate surface area is 79.5 Å². The van der Waals surface area contributed by atoms with E-state index in [1.807, 2.05) is 0 Å². The lowest BCUT2D eigenvalue weighted by Gasteiger charge is -2.09. The van der Waals surface area contributed by atoms with Gasteiger partial charge < -0.3 is 4.74 Å². The van der Waals surface area contributed by atoms with Gasteiger partial charge in [-0.15, -0.1) is 0 Å². The van der Waals surface area contributed by atoms with Crippen molar-refractivity contribution in [2.24, 2.45) is 0 Å². The number of ether oxygens (including phenoxy) is 1. The SMILES string of the molecule is COc1ncc(C)c(C(F)F)c1Cl. The molecule has 2 nitrogen and oxygen atoms in total. The van der Waals surface area contributed by atoms with E-state index in [1.54, 1.807) is 0 Å². The molecule has 0 saturated heterocycles.